The number of benzene rings is 4. The number of fused-ring (bicyclic) bond motifs is 1. The molecular weight excluding hydrogens is 440 g/mol. The van der Waals surface area contributed by atoms with Crippen molar-refractivity contribution in [2.24, 2.45) is 0 Å². The molecule has 0 spiro atoms. The lowest BCUT2D eigenvalue weighted by Crippen LogP contribution is -2.29. The number of phenolic OH excluding ortho intramolecular Hbond substituents is 1. The molecule has 5 aromatic rings. The summed E-state index contributed by atoms with van der Waals surface area (Å²) in [5.74, 6) is -0.376. The van der Waals surface area contributed by atoms with Crippen LogP contribution in [0, 0.1) is 0 Å². The minimum atomic E-state index is -0.576. The van der Waals surface area contributed by atoms with Crippen molar-refractivity contribution in [2.45, 2.75) is 6.04 Å². The Kier molecular flexibility index (Phi) is 6.01. The van der Waals surface area contributed by atoms with Crippen molar-refractivity contribution in [1.29, 1.82) is 0 Å². The van der Waals surface area contributed by atoms with Gasteiger partial charge in [-0.15, -0.1) is 0 Å². The number of carbonyl (C=O) groups is 2. The zero-order valence-corrected chi connectivity index (χ0v) is 18.6. The largest absolute Gasteiger partial charge is 0.508 e. The molecule has 2 amide bonds. The van der Waals surface area contributed by atoms with E-state index in [2.05, 4.69) is 10.6 Å². The summed E-state index contributed by atoms with van der Waals surface area (Å²) < 4.78 is 5.10. The van der Waals surface area contributed by atoms with Gasteiger partial charge < -0.3 is 20.2 Å². The number of hydrogen-bond donors (Lipinski definition) is 3. The van der Waals surface area contributed by atoms with Gasteiger partial charge in [0.2, 0.25) is 0 Å². The lowest BCUT2D eigenvalue weighted by molar-refractivity contribution is 0.0942. The van der Waals surface area contributed by atoms with Crippen LogP contribution in [0.3, 0.4) is 0 Å². The molecule has 4 aromatic carbocycles. The Morgan fingerprint density at radius 1 is 0.743 bits per heavy atom. The van der Waals surface area contributed by atoms with Crippen LogP contribution < -0.4 is 10.6 Å². The first-order chi connectivity index (χ1) is 17.1. The zero-order chi connectivity index (χ0) is 24.2. The third kappa shape index (κ3) is 4.63. The van der Waals surface area contributed by atoms with Crippen LogP contribution >= 0.6 is 0 Å². The molecule has 0 aliphatic carbocycles. The number of furan rings is 1. The van der Waals surface area contributed by atoms with E-state index in [1.807, 2.05) is 60.7 Å². The predicted molar refractivity (Wildman–Crippen MR) is 134 cm³/mol. The number of aromatic hydroxyl groups is 1. The Morgan fingerprint density at radius 2 is 1.49 bits per heavy atom. The van der Waals surface area contributed by atoms with Gasteiger partial charge in [-0.3, -0.25) is 9.59 Å². The van der Waals surface area contributed by atoms with Crippen LogP contribution in [0.15, 0.2) is 114 Å². The zero-order valence-electron chi connectivity index (χ0n) is 18.6. The monoisotopic (exact) mass is 462 g/mol. The molecule has 0 saturated carbocycles. The highest BCUT2D eigenvalue weighted by atomic mass is 16.3. The van der Waals surface area contributed by atoms with Gasteiger partial charge in [0, 0.05) is 16.8 Å². The standard InChI is InChI=1S/C29H22N2O4/c32-24-17-14-19-7-4-5-10-23(19)26(24)27(20-8-2-1-3-9-20)31-28(33)21-12-15-22(16-13-21)30-29(34)25-11-6-18-35-25/h1-18,27,32H,(H,30,34)(H,31,33). The van der Waals surface area contributed by atoms with Gasteiger partial charge in [-0.1, -0.05) is 60.7 Å². The number of anilines is 1. The van der Waals surface area contributed by atoms with E-state index in [9.17, 15) is 14.7 Å². The Labute approximate surface area is 201 Å². The maximum atomic E-state index is 13.3. The summed E-state index contributed by atoms with van der Waals surface area (Å²) >= 11 is 0. The molecule has 6 heteroatoms. The molecule has 0 bridgehead atoms. The Morgan fingerprint density at radius 3 is 2.23 bits per heavy atom. The van der Waals surface area contributed by atoms with Crippen LogP contribution in [-0.4, -0.2) is 16.9 Å². The highest BCUT2D eigenvalue weighted by molar-refractivity contribution is 6.02. The van der Waals surface area contributed by atoms with Crippen molar-refractivity contribution in [1.82, 2.24) is 5.32 Å². The van der Waals surface area contributed by atoms with Crippen molar-refractivity contribution in [3.63, 3.8) is 0 Å². The highest BCUT2D eigenvalue weighted by Crippen LogP contribution is 2.36. The average molecular weight is 463 g/mol. The summed E-state index contributed by atoms with van der Waals surface area (Å²) in [5.41, 5.74) is 2.43. The number of carbonyl (C=O) groups excluding carboxylic acids is 2. The van der Waals surface area contributed by atoms with Crippen molar-refractivity contribution < 1.29 is 19.1 Å². The maximum Gasteiger partial charge on any atom is 0.291 e. The third-order valence-corrected chi connectivity index (χ3v) is 5.79. The summed E-state index contributed by atoms with van der Waals surface area (Å²) in [7, 11) is 0. The lowest BCUT2D eigenvalue weighted by atomic mass is 9.92. The smallest absolute Gasteiger partial charge is 0.291 e. The van der Waals surface area contributed by atoms with Crippen LogP contribution in [0.4, 0.5) is 5.69 Å². The predicted octanol–water partition coefficient (Wildman–Crippen LogP) is 5.91. The molecule has 0 radical (unpaired) electrons. The molecule has 1 atom stereocenters. The molecule has 35 heavy (non-hydrogen) atoms. The fraction of sp³-hybridized carbons (Fsp3) is 0.0345. The minimum Gasteiger partial charge on any atom is -0.508 e. The average Bonchev–Trinajstić information content (AvgIpc) is 3.44. The SMILES string of the molecule is O=C(NC(c1ccccc1)c1c(O)ccc2ccccc12)c1ccc(NC(=O)c2ccco2)cc1. The number of phenols is 1. The first kappa shape index (κ1) is 22.0. The van der Waals surface area contributed by atoms with Gasteiger partial charge in [-0.2, -0.15) is 0 Å². The molecule has 3 N–H and O–H groups in total. The molecule has 1 aromatic heterocycles. The maximum absolute atomic E-state index is 13.3. The first-order valence-electron chi connectivity index (χ1n) is 11.1. The van der Waals surface area contributed by atoms with E-state index in [0.717, 1.165) is 16.3 Å². The number of hydrogen-bond acceptors (Lipinski definition) is 4. The normalized spacial score (nSPS) is 11.7. The summed E-state index contributed by atoms with van der Waals surface area (Å²) in [6.07, 6.45) is 1.43. The molecular formula is C29H22N2O4. The second-order valence-corrected chi connectivity index (χ2v) is 8.05. The fourth-order valence-electron chi connectivity index (χ4n) is 4.07. The molecule has 0 aliphatic heterocycles. The van der Waals surface area contributed by atoms with Crippen molar-refractivity contribution in [3.05, 3.63) is 132 Å². The summed E-state index contributed by atoms with van der Waals surface area (Å²) in [6.45, 7) is 0. The van der Waals surface area contributed by atoms with Gasteiger partial charge in [0.05, 0.1) is 12.3 Å². The number of nitrogens with one attached hydrogen (secondary N) is 2. The Bertz CT molecular complexity index is 1480. The van der Waals surface area contributed by atoms with E-state index in [1.165, 1.54) is 6.26 Å². The summed E-state index contributed by atoms with van der Waals surface area (Å²) in [6, 6.07) is 30.0. The Hall–Kier alpha value is -4.84. The van der Waals surface area contributed by atoms with Crippen molar-refractivity contribution in [3.8, 4) is 5.75 Å². The highest BCUT2D eigenvalue weighted by Gasteiger charge is 2.23. The van der Waals surface area contributed by atoms with Gasteiger partial charge in [0.1, 0.15) is 5.75 Å². The van der Waals surface area contributed by atoms with Gasteiger partial charge >= 0.3 is 0 Å². The van der Waals surface area contributed by atoms with E-state index < -0.39 is 6.04 Å². The molecule has 172 valence electrons. The topological polar surface area (TPSA) is 91.6 Å². The number of amides is 2. The van der Waals surface area contributed by atoms with Gasteiger partial charge in [0.15, 0.2) is 5.76 Å². The third-order valence-electron chi connectivity index (χ3n) is 5.79. The van der Waals surface area contributed by atoms with Crippen LogP contribution in [0.25, 0.3) is 10.8 Å². The molecule has 0 fully saturated rings. The lowest BCUT2D eigenvalue weighted by Gasteiger charge is -2.23. The quantitative estimate of drug-likeness (QED) is 0.293. The molecule has 0 saturated heterocycles. The second kappa shape index (κ2) is 9.57. The van der Waals surface area contributed by atoms with Crippen LogP contribution in [0.2, 0.25) is 0 Å². The van der Waals surface area contributed by atoms with Crippen molar-refractivity contribution >= 4 is 28.3 Å². The van der Waals surface area contributed by atoms with E-state index in [4.69, 9.17) is 4.42 Å². The molecule has 0 aliphatic rings. The second-order valence-electron chi connectivity index (χ2n) is 8.05. The molecule has 6 nitrogen and oxygen atoms in total. The molecule has 1 heterocycles. The van der Waals surface area contributed by atoms with Gasteiger partial charge in [-0.05, 0) is 58.8 Å². The fourth-order valence-corrected chi connectivity index (χ4v) is 4.07. The van der Waals surface area contributed by atoms with Crippen LogP contribution in [-0.2, 0) is 0 Å². The van der Waals surface area contributed by atoms with Crippen molar-refractivity contribution in [2.75, 3.05) is 5.32 Å². The van der Waals surface area contributed by atoms with E-state index in [1.54, 1.807) is 42.5 Å². The van der Waals surface area contributed by atoms with Gasteiger partial charge in [0.25, 0.3) is 11.8 Å². The summed E-state index contributed by atoms with van der Waals surface area (Å²) in [4.78, 5) is 25.5. The van der Waals surface area contributed by atoms with E-state index in [-0.39, 0.29) is 23.3 Å². The van der Waals surface area contributed by atoms with E-state index >= 15 is 0 Å². The Balaban J connectivity index is 1.44. The van der Waals surface area contributed by atoms with Gasteiger partial charge in [-0.25, -0.2) is 0 Å². The molecule has 1 unspecified atom stereocenters. The first-order valence-corrected chi connectivity index (χ1v) is 11.1. The summed E-state index contributed by atoms with van der Waals surface area (Å²) in [5, 5.41) is 18.5. The molecule has 5 rings (SSSR count). The number of rotatable bonds is 6. The van der Waals surface area contributed by atoms with Crippen LogP contribution in [0.5, 0.6) is 5.75 Å². The minimum absolute atomic E-state index is 0.105. The van der Waals surface area contributed by atoms with Crippen LogP contribution in [0.1, 0.15) is 38.1 Å². The van der Waals surface area contributed by atoms with E-state index in [0.29, 0.717) is 16.8 Å².